The number of benzene rings is 3. The minimum absolute atomic E-state index is 0.0865. The Labute approximate surface area is 241 Å². The number of nitrogens with zero attached hydrogens (tertiary/aromatic N) is 1. The number of aryl methyl sites for hydroxylation is 2. The van der Waals surface area contributed by atoms with Crippen LogP contribution in [0.1, 0.15) is 54.4 Å². The number of amides is 2. The predicted molar refractivity (Wildman–Crippen MR) is 157 cm³/mol. The van der Waals surface area contributed by atoms with Gasteiger partial charge in [0, 0.05) is 34.6 Å². The lowest BCUT2D eigenvalue weighted by Gasteiger charge is -2.33. The van der Waals surface area contributed by atoms with Gasteiger partial charge < -0.3 is 15.0 Å². The van der Waals surface area contributed by atoms with E-state index in [4.69, 9.17) is 27.9 Å². The smallest absolute Gasteiger partial charge is 0.261 e. The van der Waals surface area contributed by atoms with Gasteiger partial charge in [0.25, 0.3) is 5.91 Å². The lowest BCUT2D eigenvalue weighted by atomic mass is 9.94. The Morgan fingerprint density at radius 3 is 2.31 bits per heavy atom. The standard InChI is InChI=1S/C32H36Cl2N2O3/c1-22-16-17-30(23(2)18-22)39-21-31(37)36(20-26-27(33)14-9-15-28(26)34)29(19-24-10-5-3-6-11-24)32(38)35-25-12-7-4-8-13-25/h3,5-6,9-11,14-18,25,29H,4,7-8,12-13,19-21H2,1-2H3,(H,35,38)/t29-/m1/s1. The lowest BCUT2D eigenvalue weighted by Crippen LogP contribution is -2.53. The average Bonchev–Trinajstić information content (AvgIpc) is 2.92. The summed E-state index contributed by atoms with van der Waals surface area (Å²) >= 11 is 13.1. The maximum atomic E-state index is 13.9. The van der Waals surface area contributed by atoms with E-state index in [0.29, 0.717) is 27.8 Å². The summed E-state index contributed by atoms with van der Waals surface area (Å²) in [6, 6.07) is 20.2. The maximum Gasteiger partial charge on any atom is 0.261 e. The van der Waals surface area contributed by atoms with Gasteiger partial charge in [0.15, 0.2) is 6.61 Å². The Bertz CT molecular complexity index is 1260. The highest BCUT2D eigenvalue weighted by Crippen LogP contribution is 2.28. The summed E-state index contributed by atoms with van der Waals surface area (Å²) in [6.07, 6.45) is 5.63. The van der Waals surface area contributed by atoms with E-state index in [1.165, 1.54) is 6.42 Å². The van der Waals surface area contributed by atoms with Crippen molar-refractivity contribution in [2.45, 2.75) is 71.0 Å². The van der Waals surface area contributed by atoms with Crippen molar-refractivity contribution in [1.29, 1.82) is 0 Å². The zero-order valence-electron chi connectivity index (χ0n) is 22.6. The molecule has 0 heterocycles. The minimum atomic E-state index is -0.767. The number of carbonyl (C=O) groups is 2. The van der Waals surface area contributed by atoms with Crippen molar-refractivity contribution in [2.75, 3.05) is 6.61 Å². The van der Waals surface area contributed by atoms with Crippen molar-refractivity contribution in [3.05, 3.63) is 99.0 Å². The molecule has 0 aromatic heterocycles. The molecule has 0 bridgehead atoms. The summed E-state index contributed by atoms with van der Waals surface area (Å²) in [7, 11) is 0. The molecule has 5 nitrogen and oxygen atoms in total. The van der Waals surface area contributed by atoms with Gasteiger partial charge in [-0.1, -0.05) is 96.6 Å². The van der Waals surface area contributed by atoms with Crippen LogP contribution in [0.5, 0.6) is 5.75 Å². The first-order chi connectivity index (χ1) is 18.8. The summed E-state index contributed by atoms with van der Waals surface area (Å²) in [5.41, 5.74) is 3.62. The largest absolute Gasteiger partial charge is 0.483 e. The maximum absolute atomic E-state index is 13.9. The number of carbonyl (C=O) groups excluding carboxylic acids is 2. The molecule has 206 valence electrons. The molecule has 7 heteroatoms. The molecule has 0 unspecified atom stereocenters. The number of nitrogens with one attached hydrogen (secondary N) is 1. The highest BCUT2D eigenvalue weighted by atomic mass is 35.5. The van der Waals surface area contributed by atoms with E-state index >= 15 is 0 Å². The second-order valence-corrected chi connectivity index (χ2v) is 11.1. The van der Waals surface area contributed by atoms with E-state index < -0.39 is 6.04 Å². The Kier molecular flexibility index (Phi) is 10.3. The highest BCUT2D eigenvalue weighted by molar-refractivity contribution is 6.36. The summed E-state index contributed by atoms with van der Waals surface area (Å²) in [6.45, 7) is 3.83. The van der Waals surface area contributed by atoms with Crippen molar-refractivity contribution in [1.82, 2.24) is 10.2 Å². The molecule has 1 atom stereocenters. The topological polar surface area (TPSA) is 58.6 Å². The van der Waals surface area contributed by atoms with Crippen molar-refractivity contribution in [3.8, 4) is 5.75 Å². The van der Waals surface area contributed by atoms with Gasteiger partial charge in [-0.3, -0.25) is 9.59 Å². The summed E-state index contributed by atoms with van der Waals surface area (Å²) in [5, 5.41) is 4.13. The molecule has 0 saturated heterocycles. The number of ether oxygens (including phenoxy) is 1. The highest BCUT2D eigenvalue weighted by Gasteiger charge is 2.33. The molecule has 39 heavy (non-hydrogen) atoms. The Hall–Kier alpha value is -3.02. The predicted octanol–water partition coefficient (Wildman–Crippen LogP) is 7.08. The summed E-state index contributed by atoms with van der Waals surface area (Å²) in [5.74, 6) is 0.149. The van der Waals surface area contributed by atoms with Crippen LogP contribution in [0.15, 0.2) is 66.7 Å². The van der Waals surface area contributed by atoms with Crippen LogP contribution in [-0.2, 0) is 22.6 Å². The minimum Gasteiger partial charge on any atom is -0.483 e. The molecular formula is C32H36Cl2N2O3. The molecule has 3 aromatic carbocycles. The van der Waals surface area contributed by atoms with Gasteiger partial charge in [-0.15, -0.1) is 0 Å². The first-order valence-corrected chi connectivity index (χ1v) is 14.3. The molecule has 1 saturated carbocycles. The van der Waals surface area contributed by atoms with Crippen LogP contribution in [0.4, 0.5) is 0 Å². The zero-order chi connectivity index (χ0) is 27.8. The van der Waals surface area contributed by atoms with E-state index in [1.807, 2.05) is 62.4 Å². The molecule has 1 fully saturated rings. The number of hydrogen-bond acceptors (Lipinski definition) is 3. The molecule has 4 rings (SSSR count). The van der Waals surface area contributed by atoms with Crippen LogP contribution in [-0.4, -0.2) is 35.4 Å². The molecule has 3 aromatic rings. The number of hydrogen-bond donors (Lipinski definition) is 1. The average molecular weight is 568 g/mol. The van der Waals surface area contributed by atoms with Gasteiger partial charge in [-0.05, 0) is 56.0 Å². The van der Waals surface area contributed by atoms with Gasteiger partial charge in [0.05, 0.1) is 0 Å². The third-order valence-electron chi connectivity index (χ3n) is 7.29. The van der Waals surface area contributed by atoms with E-state index in [2.05, 4.69) is 5.32 Å². The third-order valence-corrected chi connectivity index (χ3v) is 8.00. The van der Waals surface area contributed by atoms with E-state index in [-0.39, 0.29) is 31.0 Å². The van der Waals surface area contributed by atoms with Gasteiger partial charge in [-0.25, -0.2) is 0 Å². The van der Waals surface area contributed by atoms with Crippen LogP contribution in [0, 0.1) is 13.8 Å². The molecule has 1 N–H and O–H groups in total. The van der Waals surface area contributed by atoms with Crippen LogP contribution in [0.25, 0.3) is 0 Å². The van der Waals surface area contributed by atoms with Gasteiger partial charge in [0.2, 0.25) is 5.91 Å². The fourth-order valence-electron chi connectivity index (χ4n) is 5.14. The van der Waals surface area contributed by atoms with E-state index in [1.54, 1.807) is 23.1 Å². The zero-order valence-corrected chi connectivity index (χ0v) is 24.1. The van der Waals surface area contributed by atoms with Gasteiger partial charge >= 0.3 is 0 Å². The van der Waals surface area contributed by atoms with Crippen LogP contribution in [0.2, 0.25) is 10.0 Å². The molecule has 1 aliphatic rings. The summed E-state index contributed by atoms with van der Waals surface area (Å²) in [4.78, 5) is 29.3. The van der Waals surface area contributed by atoms with Crippen molar-refractivity contribution >= 4 is 35.0 Å². The quantitative estimate of drug-likeness (QED) is 0.285. The van der Waals surface area contributed by atoms with Crippen molar-refractivity contribution in [3.63, 3.8) is 0 Å². The normalized spacial score (nSPS) is 14.5. The monoisotopic (exact) mass is 566 g/mol. The van der Waals surface area contributed by atoms with Crippen LogP contribution < -0.4 is 10.1 Å². The Morgan fingerprint density at radius 2 is 1.64 bits per heavy atom. The molecule has 1 aliphatic carbocycles. The fraction of sp³-hybridized carbons (Fsp3) is 0.375. The van der Waals surface area contributed by atoms with E-state index in [0.717, 1.165) is 42.4 Å². The first-order valence-electron chi connectivity index (χ1n) is 13.6. The van der Waals surface area contributed by atoms with Gasteiger partial charge in [0.1, 0.15) is 11.8 Å². The molecule has 0 radical (unpaired) electrons. The lowest BCUT2D eigenvalue weighted by molar-refractivity contribution is -0.143. The SMILES string of the molecule is Cc1ccc(OCC(=O)N(Cc2c(Cl)cccc2Cl)[C@H](Cc2ccccc2)C(=O)NC2CCCCC2)c(C)c1. The third kappa shape index (κ3) is 8.00. The first kappa shape index (κ1) is 29.0. The second kappa shape index (κ2) is 13.9. The number of halogens is 2. The van der Waals surface area contributed by atoms with Crippen molar-refractivity contribution < 1.29 is 14.3 Å². The van der Waals surface area contributed by atoms with Crippen LogP contribution >= 0.6 is 23.2 Å². The summed E-state index contributed by atoms with van der Waals surface area (Å²) < 4.78 is 5.97. The Morgan fingerprint density at radius 1 is 0.949 bits per heavy atom. The van der Waals surface area contributed by atoms with Crippen molar-refractivity contribution in [2.24, 2.45) is 0 Å². The van der Waals surface area contributed by atoms with Crippen LogP contribution in [0.3, 0.4) is 0 Å². The Balaban J connectivity index is 1.65. The molecular weight excluding hydrogens is 531 g/mol. The molecule has 0 aliphatic heterocycles. The fourth-order valence-corrected chi connectivity index (χ4v) is 5.65. The van der Waals surface area contributed by atoms with Gasteiger partial charge in [-0.2, -0.15) is 0 Å². The number of rotatable bonds is 10. The second-order valence-electron chi connectivity index (χ2n) is 10.3. The van der Waals surface area contributed by atoms with E-state index in [9.17, 15) is 9.59 Å². The molecule has 0 spiro atoms. The molecule has 2 amide bonds.